The summed E-state index contributed by atoms with van der Waals surface area (Å²) in [5.74, 6) is 0. The third-order valence-electron chi connectivity index (χ3n) is 3.56. The molecule has 0 bridgehead atoms. The third-order valence-corrected chi connectivity index (χ3v) is 4.50. The molecule has 0 atom stereocenters. The second-order valence-electron chi connectivity index (χ2n) is 6.65. The Morgan fingerprint density at radius 1 is 0.880 bits per heavy atom. The summed E-state index contributed by atoms with van der Waals surface area (Å²) in [7, 11) is 1.71. The molecule has 0 aliphatic rings. The molecule has 0 unspecified atom stereocenters. The summed E-state index contributed by atoms with van der Waals surface area (Å²) < 4.78 is 79.2. The molecule has 0 aliphatic heterocycles. The quantitative estimate of drug-likeness (QED) is 0.523. The maximum Gasteiger partial charge on any atom is 0.416 e. The molecule has 1 aromatic heterocycles. The van der Waals surface area contributed by atoms with Crippen LogP contribution in [0.1, 0.15) is 37.6 Å². The lowest BCUT2D eigenvalue weighted by atomic mass is 9.93. The number of alkyl halides is 6. The highest BCUT2D eigenvalue weighted by molar-refractivity contribution is 7.13. The average Bonchev–Trinajstić information content (AvgIpc) is 2.78. The van der Waals surface area contributed by atoms with Crippen LogP contribution in [0.2, 0.25) is 0 Å². The lowest BCUT2D eigenvalue weighted by molar-refractivity contribution is -0.663. The highest BCUT2D eigenvalue weighted by Gasteiger charge is 2.37. The Hall–Kier alpha value is -1.77. The summed E-state index contributed by atoms with van der Waals surface area (Å²) in [6.07, 6.45) is -9.74. The van der Waals surface area contributed by atoms with Crippen LogP contribution in [0, 0.1) is 0 Å². The van der Waals surface area contributed by atoms with Crippen molar-refractivity contribution in [3.05, 3.63) is 40.4 Å². The number of nitrogens with zero attached hydrogens (tertiary/aromatic N) is 1. The fourth-order valence-electron chi connectivity index (χ4n) is 2.32. The number of rotatable bonds is 2. The molecule has 1 N–H and O–H groups in total. The van der Waals surface area contributed by atoms with Crippen molar-refractivity contribution < 1.29 is 30.9 Å². The highest BCUT2D eigenvalue weighted by atomic mass is 32.1. The topological polar surface area (TPSA) is 15.9 Å². The van der Waals surface area contributed by atoms with E-state index in [4.69, 9.17) is 0 Å². The van der Waals surface area contributed by atoms with Crippen LogP contribution in [0.15, 0.2) is 23.6 Å². The van der Waals surface area contributed by atoms with Gasteiger partial charge in [-0.1, -0.05) is 32.1 Å². The van der Waals surface area contributed by atoms with Crippen molar-refractivity contribution in [1.82, 2.24) is 0 Å². The molecule has 0 amide bonds. The zero-order chi connectivity index (χ0) is 19.2. The molecule has 0 fully saturated rings. The van der Waals surface area contributed by atoms with Crippen LogP contribution >= 0.6 is 11.3 Å². The first-order valence-corrected chi connectivity index (χ1v) is 8.12. The molecule has 0 spiro atoms. The Morgan fingerprint density at radius 3 is 1.72 bits per heavy atom. The second-order valence-corrected chi connectivity index (χ2v) is 7.51. The van der Waals surface area contributed by atoms with Crippen LogP contribution < -0.4 is 9.88 Å². The summed E-state index contributed by atoms with van der Waals surface area (Å²) >= 11 is 1.21. The van der Waals surface area contributed by atoms with Crippen molar-refractivity contribution in [2.45, 2.75) is 38.5 Å². The monoisotopic (exact) mass is 383 g/mol. The third kappa shape index (κ3) is 4.45. The van der Waals surface area contributed by atoms with E-state index in [1.807, 2.05) is 26.2 Å². The minimum Gasteiger partial charge on any atom is -0.231 e. The van der Waals surface area contributed by atoms with E-state index in [1.54, 1.807) is 11.6 Å². The van der Waals surface area contributed by atoms with E-state index in [1.165, 1.54) is 11.3 Å². The van der Waals surface area contributed by atoms with Gasteiger partial charge in [-0.3, -0.25) is 0 Å². The summed E-state index contributed by atoms with van der Waals surface area (Å²) in [4.78, 5) is 0. The molecular formula is C16H17F6N2S+. The number of anilines is 2. The van der Waals surface area contributed by atoms with Crippen LogP contribution in [0.3, 0.4) is 0 Å². The zero-order valence-corrected chi connectivity index (χ0v) is 14.7. The number of benzene rings is 1. The molecule has 138 valence electrons. The van der Waals surface area contributed by atoms with E-state index in [0.29, 0.717) is 17.3 Å². The molecule has 0 aliphatic carbocycles. The van der Waals surface area contributed by atoms with Gasteiger partial charge in [-0.15, -0.1) is 0 Å². The Balaban J connectivity index is 2.48. The summed E-state index contributed by atoms with van der Waals surface area (Å²) in [6.45, 7) is 5.89. The fraction of sp³-hybridized carbons (Fsp3) is 0.438. The van der Waals surface area contributed by atoms with Crippen LogP contribution in [0.25, 0.3) is 0 Å². The predicted octanol–water partition coefficient (Wildman–Crippen LogP) is 5.65. The van der Waals surface area contributed by atoms with Crippen molar-refractivity contribution in [2.75, 3.05) is 5.32 Å². The number of halogens is 6. The first-order chi connectivity index (χ1) is 11.2. The SMILES string of the molecule is C[n+]1c(C(C)(C)C)csc1Nc1cc(C(F)(F)F)cc(C(F)(F)F)c1. The van der Waals surface area contributed by atoms with E-state index in [2.05, 4.69) is 5.32 Å². The van der Waals surface area contributed by atoms with Crippen LogP contribution in [0.5, 0.6) is 0 Å². The van der Waals surface area contributed by atoms with E-state index in [9.17, 15) is 26.3 Å². The number of thiazole rings is 1. The van der Waals surface area contributed by atoms with Gasteiger partial charge in [0, 0.05) is 10.8 Å². The van der Waals surface area contributed by atoms with Gasteiger partial charge in [0.15, 0.2) is 0 Å². The molecule has 1 heterocycles. The Kier molecular flexibility index (Phi) is 4.84. The van der Waals surface area contributed by atoms with Gasteiger partial charge in [0.1, 0.15) is 11.4 Å². The smallest absolute Gasteiger partial charge is 0.231 e. The Labute approximate surface area is 145 Å². The number of hydrogen-bond donors (Lipinski definition) is 1. The van der Waals surface area contributed by atoms with Crippen molar-refractivity contribution in [3.8, 4) is 0 Å². The summed E-state index contributed by atoms with van der Waals surface area (Å²) in [6, 6.07) is 1.46. The molecule has 9 heteroatoms. The molecule has 1 aromatic carbocycles. The van der Waals surface area contributed by atoms with Crippen LogP contribution in [-0.2, 0) is 24.8 Å². The van der Waals surface area contributed by atoms with Crippen molar-refractivity contribution in [1.29, 1.82) is 0 Å². The predicted molar refractivity (Wildman–Crippen MR) is 83.9 cm³/mol. The van der Waals surface area contributed by atoms with Crippen molar-refractivity contribution in [3.63, 3.8) is 0 Å². The maximum absolute atomic E-state index is 12.9. The molecule has 0 radical (unpaired) electrons. The highest BCUT2D eigenvalue weighted by Crippen LogP contribution is 2.38. The Morgan fingerprint density at radius 2 is 1.36 bits per heavy atom. The standard InChI is InChI=1S/C16H16F6N2S/c1-14(2,3)12-8-25-13(24(12)4)23-11-6-9(15(17,18)19)5-10(7-11)16(20,21)22/h5-8H,1-4H3/p+1. The van der Waals surface area contributed by atoms with Gasteiger partial charge in [0.25, 0.3) is 0 Å². The zero-order valence-electron chi connectivity index (χ0n) is 13.9. The number of aromatic nitrogens is 1. The molecule has 2 nitrogen and oxygen atoms in total. The fourth-order valence-corrected chi connectivity index (χ4v) is 3.49. The van der Waals surface area contributed by atoms with E-state index >= 15 is 0 Å². The van der Waals surface area contributed by atoms with E-state index in [0.717, 1.165) is 5.69 Å². The number of hydrogen-bond acceptors (Lipinski definition) is 2. The molecule has 2 aromatic rings. The minimum absolute atomic E-state index is 0.111. The van der Waals surface area contributed by atoms with Crippen molar-refractivity contribution in [2.24, 2.45) is 7.05 Å². The van der Waals surface area contributed by atoms with Gasteiger partial charge < -0.3 is 0 Å². The molecule has 0 saturated heterocycles. The van der Waals surface area contributed by atoms with Crippen molar-refractivity contribution >= 4 is 22.2 Å². The van der Waals surface area contributed by atoms with Crippen LogP contribution in [-0.4, -0.2) is 0 Å². The largest absolute Gasteiger partial charge is 0.416 e. The first kappa shape index (κ1) is 19.6. The normalized spacial score (nSPS) is 13.2. The van der Waals surface area contributed by atoms with Gasteiger partial charge in [-0.2, -0.15) is 26.3 Å². The van der Waals surface area contributed by atoms with Gasteiger partial charge in [0.05, 0.1) is 18.2 Å². The van der Waals surface area contributed by atoms with Gasteiger partial charge in [0.2, 0.25) is 0 Å². The lowest BCUT2D eigenvalue weighted by Gasteiger charge is -2.15. The summed E-state index contributed by atoms with van der Waals surface area (Å²) in [5, 5.41) is 4.93. The van der Waals surface area contributed by atoms with Gasteiger partial charge >= 0.3 is 17.5 Å². The second kappa shape index (κ2) is 6.19. The average molecular weight is 383 g/mol. The molecular weight excluding hydrogens is 366 g/mol. The molecule has 0 saturated carbocycles. The molecule has 2 rings (SSSR count). The summed E-state index contributed by atoms with van der Waals surface area (Å²) in [5.41, 5.74) is -2.26. The lowest BCUT2D eigenvalue weighted by Crippen LogP contribution is -2.38. The first-order valence-electron chi connectivity index (χ1n) is 7.24. The molecule has 25 heavy (non-hydrogen) atoms. The minimum atomic E-state index is -4.87. The maximum atomic E-state index is 12.9. The number of nitrogens with one attached hydrogen (secondary N) is 1. The van der Waals surface area contributed by atoms with Gasteiger partial charge in [-0.05, 0) is 18.2 Å². The van der Waals surface area contributed by atoms with Gasteiger partial charge in [-0.25, -0.2) is 9.88 Å². The van der Waals surface area contributed by atoms with E-state index in [-0.39, 0.29) is 17.2 Å². The Bertz CT molecular complexity index is 736. The van der Waals surface area contributed by atoms with E-state index < -0.39 is 23.5 Å². The van der Waals surface area contributed by atoms with Crippen LogP contribution in [0.4, 0.5) is 37.2 Å².